The minimum atomic E-state index is -0.428. The van der Waals surface area contributed by atoms with E-state index in [1.54, 1.807) is 6.08 Å². The van der Waals surface area contributed by atoms with Gasteiger partial charge in [0.15, 0.2) is 0 Å². The zero-order chi connectivity index (χ0) is 5.98. The number of hydrogen-bond acceptors (Lipinski definition) is 3. The molecular formula is C4H2N2OS. The lowest BCUT2D eigenvalue weighted by Crippen LogP contribution is -2.10. The molecule has 1 heterocycles. The maximum Gasteiger partial charge on any atom is 0.306 e. The number of carbonyl (C=O) groups excluding carboxylic acids is 1. The first-order valence-electron chi connectivity index (χ1n) is 1.96. The maximum atomic E-state index is 10.3. The van der Waals surface area contributed by atoms with Crippen LogP contribution in [-0.2, 0) is 17.2 Å². The normalized spacial score (nSPS) is 14.2. The molecule has 0 aromatic rings. The van der Waals surface area contributed by atoms with Gasteiger partial charge in [-0.15, -0.1) is 4.36 Å². The van der Waals surface area contributed by atoms with Gasteiger partial charge in [0.05, 0.1) is 0 Å². The van der Waals surface area contributed by atoms with Crippen molar-refractivity contribution in [1.29, 1.82) is 0 Å². The van der Waals surface area contributed by atoms with Crippen LogP contribution >= 0.6 is 0 Å². The van der Waals surface area contributed by atoms with E-state index in [4.69, 9.17) is 0 Å². The molecule has 0 saturated carbocycles. The molecule has 0 unspecified atom stereocenters. The Morgan fingerprint density at radius 2 is 2.50 bits per heavy atom. The Kier molecular flexibility index (Phi) is 1.26. The van der Waals surface area contributed by atoms with Gasteiger partial charge in [0.25, 0.3) is 0 Å². The predicted molar refractivity (Wildman–Crippen MR) is 31.4 cm³/mol. The van der Waals surface area contributed by atoms with Crippen LogP contribution < -0.4 is 0 Å². The van der Waals surface area contributed by atoms with Crippen molar-refractivity contribution < 1.29 is 4.79 Å². The molecule has 0 bridgehead atoms. The smallest absolute Gasteiger partial charge is 0.264 e. The summed E-state index contributed by atoms with van der Waals surface area (Å²) in [6.07, 6.45) is 3.09. The standard InChI is InChI=1S/C4H2N2OS/c7-4(6-8)3-1-2-5-3/h1-2H. The minimum Gasteiger partial charge on any atom is -0.264 e. The van der Waals surface area contributed by atoms with Crippen LogP contribution in [0, 0.1) is 0 Å². The van der Waals surface area contributed by atoms with E-state index < -0.39 is 5.91 Å². The highest BCUT2D eigenvalue weighted by atomic mass is 32.1. The minimum absolute atomic E-state index is 0.347. The summed E-state index contributed by atoms with van der Waals surface area (Å²) in [5.41, 5.74) is 0.347. The molecule has 8 heavy (non-hydrogen) atoms. The highest BCUT2D eigenvalue weighted by molar-refractivity contribution is 7.48. The van der Waals surface area contributed by atoms with Gasteiger partial charge in [0.2, 0.25) is 0 Å². The summed E-state index contributed by atoms with van der Waals surface area (Å²) in [6, 6.07) is 0. The summed E-state index contributed by atoms with van der Waals surface area (Å²) in [5.74, 6) is -0.428. The number of carbonyl (C=O) groups is 1. The lowest BCUT2D eigenvalue weighted by Gasteiger charge is -1.96. The van der Waals surface area contributed by atoms with E-state index in [1.807, 2.05) is 0 Å². The monoisotopic (exact) mass is 126 g/mol. The van der Waals surface area contributed by atoms with Crippen LogP contribution in [0.25, 0.3) is 0 Å². The van der Waals surface area contributed by atoms with Gasteiger partial charge >= 0.3 is 5.91 Å². The molecule has 40 valence electrons. The molecule has 4 heteroatoms. The second-order valence-corrected chi connectivity index (χ2v) is 1.41. The van der Waals surface area contributed by atoms with E-state index in [0.717, 1.165) is 0 Å². The van der Waals surface area contributed by atoms with Crippen LogP contribution in [0.3, 0.4) is 0 Å². The first kappa shape index (κ1) is 5.24. The average Bonchev–Trinajstić information content (AvgIpc) is 1.62. The summed E-state index contributed by atoms with van der Waals surface area (Å²) in [7, 11) is 0. The van der Waals surface area contributed by atoms with Crippen LogP contribution in [-0.4, -0.2) is 11.6 Å². The third-order valence-electron chi connectivity index (χ3n) is 0.748. The van der Waals surface area contributed by atoms with Crippen molar-refractivity contribution in [2.75, 3.05) is 0 Å². The Hall–Kier alpha value is -0.900. The highest BCUT2D eigenvalue weighted by Crippen LogP contribution is 1.96. The molecular weight excluding hydrogens is 124 g/mol. The van der Waals surface area contributed by atoms with E-state index >= 15 is 0 Å². The molecule has 0 aromatic heterocycles. The topological polar surface area (TPSA) is 41.8 Å². The maximum absolute atomic E-state index is 10.3. The molecule has 0 radical (unpaired) electrons. The van der Waals surface area contributed by atoms with Gasteiger partial charge in [-0.25, -0.2) is 0 Å². The van der Waals surface area contributed by atoms with Crippen LogP contribution in [0.15, 0.2) is 21.6 Å². The first-order valence-corrected chi connectivity index (χ1v) is 2.33. The van der Waals surface area contributed by atoms with Crippen molar-refractivity contribution in [1.82, 2.24) is 0 Å². The fraction of sp³-hybridized carbons (Fsp3) is 0. The third-order valence-corrected chi connectivity index (χ3v) is 0.914. The number of amides is 1. The van der Waals surface area contributed by atoms with Gasteiger partial charge in [0.1, 0.15) is 5.71 Å². The second kappa shape index (κ2) is 1.92. The summed E-state index contributed by atoms with van der Waals surface area (Å²) in [6.45, 7) is 0. The van der Waals surface area contributed by atoms with Crippen molar-refractivity contribution in [3.63, 3.8) is 0 Å². The van der Waals surface area contributed by atoms with E-state index in [-0.39, 0.29) is 0 Å². The van der Waals surface area contributed by atoms with E-state index in [1.165, 1.54) is 6.20 Å². The van der Waals surface area contributed by atoms with Crippen LogP contribution in [0.5, 0.6) is 0 Å². The molecule has 0 spiro atoms. The molecule has 0 saturated heterocycles. The molecule has 0 aliphatic carbocycles. The molecule has 1 amide bonds. The Morgan fingerprint density at radius 3 is 2.62 bits per heavy atom. The zero-order valence-electron chi connectivity index (χ0n) is 3.87. The summed E-state index contributed by atoms with van der Waals surface area (Å²) >= 11 is 4.11. The van der Waals surface area contributed by atoms with Crippen molar-refractivity contribution in [2.24, 2.45) is 9.36 Å². The van der Waals surface area contributed by atoms with E-state index in [9.17, 15) is 4.79 Å². The molecule has 0 N–H and O–H groups in total. The fourth-order valence-corrected chi connectivity index (χ4v) is 0.416. The molecule has 1 aliphatic rings. The lowest BCUT2D eigenvalue weighted by molar-refractivity contribution is -0.111. The van der Waals surface area contributed by atoms with Crippen molar-refractivity contribution in [3.8, 4) is 0 Å². The number of aliphatic imine (C=N–C) groups is 1. The molecule has 1 aliphatic heterocycles. The van der Waals surface area contributed by atoms with Gasteiger partial charge in [-0.2, -0.15) is 0 Å². The SMILES string of the molecule is O=C(N=S)C1=NC=C1. The van der Waals surface area contributed by atoms with Crippen LogP contribution in [0.2, 0.25) is 0 Å². The third kappa shape index (κ3) is 0.696. The zero-order valence-corrected chi connectivity index (χ0v) is 4.68. The average molecular weight is 126 g/mol. The van der Waals surface area contributed by atoms with Crippen molar-refractivity contribution >= 4 is 24.0 Å². The van der Waals surface area contributed by atoms with Crippen molar-refractivity contribution in [3.05, 3.63) is 12.3 Å². The molecule has 0 aromatic carbocycles. The Labute approximate surface area is 51.3 Å². The van der Waals surface area contributed by atoms with Crippen molar-refractivity contribution in [2.45, 2.75) is 0 Å². The summed E-state index contributed by atoms with van der Waals surface area (Å²) in [4.78, 5) is 13.9. The van der Waals surface area contributed by atoms with Gasteiger partial charge in [-0.3, -0.25) is 9.79 Å². The number of hydrogen-bond donors (Lipinski definition) is 0. The molecule has 1 rings (SSSR count). The van der Waals surface area contributed by atoms with Crippen LogP contribution in [0.4, 0.5) is 0 Å². The largest absolute Gasteiger partial charge is 0.306 e. The first-order chi connectivity index (χ1) is 3.84. The highest BCUT2D eigenvalue weighted by Gasteiger charge is 2.08. The molecule has 3 nitrogen and oxygen atoms in total. The molecule has 0 fully saturated rings. The number of nitrogens with zero attached hydrogens (tertiary/aromatic N) is 2. The Bertz CT molecular complexity index is 192. The van der Waals surface area contributed by atoms with Gasteiger partial charge in [-0.1, -0.05) is 0 Å². The predicted octanol–water partition coefficient (Wildman–Crippen LogP) is 0.212. The summed E-state index contributed by atoms with van der Waals surface area (Å²) in [5, 5.41) is 0. The van der Waals surface area contributed by atoms with Gasteiger partial charge in [-0.05, 0) is 6.08 Å². The van der Waals surface area contributed by atoms with Gasteiger partial charge in [0, 0.05) is 18.6 Å². The molecule has 0 atom stereocenters. The fourth-order valence-electron chi connectivity index (χ4n) is 0.322. The van der Waals surface area contributed by atoms with E-state index in [0.29, 0.717) is 5.71 Å². The lowest BCUT2D eigenvalue weighted by atomic mass is 10.3. The number of rotatable bonds is 1. The second-order valence-electron chi connectivity index (χ2n) is 1.23. The summed E-state index contributed by atoms with van der Waals surface area (Å²) < 4.78 is 2.97. The van der Waals surface area contributed by atoms with Gasteiger partial charge < -0.3 is 0 Å². The quantitative estimate of drug-likeness (QED) is 0.504. The van der Waals surface area contributed by atoms with E-state index in [2.05, 4.69) is 21.8 Å². The van der Waals surface area contributed by atoms with Crippen LogP contribution in [0.1, 0.15) is 0 Å². The Balaban J connectivity index is 2.61. The Morgan fingerprint density at radius 1 is 1.88 bits per heavy atom.